The topological polar surface area (TPSA) is 76.6 Å². The van der Waals surface area contributed by atoms with E-state index in [1.54, 1.807) is 18.3 Å². The molecular weight excluding hydrogens is 328 g/mol. The van der Waals surface area contributed by atoms with Crippen LogP contribution in [-0.2, 0) is 19.6 Å². The second-order valence-corrected chi connectivity index (χ2v) is 7.85. The number of carbonyl (C=O) groups is 1. The highest BCUT2D eigenvalue weighted by molar-refractivity contribution is 7.89. The van der Waals surface area contributed by atoms with E-state index in [9.17, 15) is 13.2 Å². The number of carbonyl (C=O) groups excluding carboxylic acids is 1. The van der Waals surface area contributed by atoms with Gasteiger partial charge in [0.05, 0.1) is 12.6 Å². The third kappa shape index (κ3) is 2.89. The first-order valence-electron chi connectivity index (χ1n) is 7.90. The van der Waals surface area contributed by atoms with Crippen LogP contribution in [0.1, 0.15) is 24.8 Å². The maximum atomic E-state index is 13.2. The number of piperidine rings is 1. The number of nitrogens with zero attached hydrogens (tertiary/aromatic N) is 2. The molecule has 2 aromatic rings. The molecule has 2 heterocycles. The minimum absolute atomic E-state index is 0.135. The lowest BCUT2D eigenvalue weighted by atomic mass is 10.1. The fourth-order valence-electron chi connectivity index (χ4n) is 3.14. The zero-order valence-corrected chi connectivity index (χ0v) is 14.5. The standard InChI is InChI=1S/C17H20N2O4S/c1-12-10-13-6-5-8-15(16(13)18-11-12)24(21,22)19-9-4-3-7-14(19)17(20)23-2/h5-6,8,10-11,14H,3-4,7,9H2,1-2H3. The predicted molar refractivity (Wildman–Crippen MR) is 90.0 cm³/mol. The lowest BCUT2D eigenvalue weighted by Gasteiger charge is -2.32. The van der Waals surface area contributed by atoms with Gasteiger partial charge in [-0.2, -0.15) is 4.31 Å². The average Bonchev–Trinajstić information content (AvgIpc) is 2.60. The van der Waals surface area contributed by atoms with Gasteiger partial charge in [-0.1, -0.05) is 12.1 Å². The number of fused-ring (bicyclic) bond motifs is 1. The lowest BCUT2D eigenvalue weighted by Crippen LogP contribution is -2.48. The van der Waals surface area contributed by atoms with Gasteiger partial charge in [0.2, 0.25) is 10.0 Å². The molecular formula is C17H20N2O4S. The van der Waals surface area contributed by atoms with Crippen molar-refractivity contribution < 1.29 is 17.9 Å². The highest BCUT2D eigenvalue weighted by Gasteiger charge is 2.39. The highest BCUT2D eigenvalue weighted by atomic mass is 32.2. The number of benzene rings is 1. The van der Waals surface area contributed by atoms with Gasteiger partial charge in [0.1, 0.15) is 10.9 Å². The third-order valence-corrected chi connectivity index (χ3v) is 6.26. The molecule has 0 N–H and O–H groups in total. The summed E-state index contributed by atoms with van der Waals surface area (Å²) in [6.07, 6.45) is 3.65. The van der Waals surface area contributed by atoms with Crippen LogP contribution in [0, 0.1) is 6.92 Å². The van der Waals surface area contributed by atoms with E-state index < -0.39 is 22.0 Å². The first-order chi connectivity index (χ1) is 11.4. The molecule has 24 heavy (non-hydrogen) atoms. The van der Waals surface area contributed by atoms with Crippen LogP contribution < -0.4 is 0 Å². The molecule has 1 aromatic carbocycles. The van der Waals surface area contributed by atoms with Crippen molar-refractivity contribution in [1.29, 1.82) is 0 Å². The molecule has 1 aromatic heterocycles. The van der Waals surface area contributed by atoms with Crippen LogP contribution in [0.5, 0.6) is 0 Å². The number of rotatable bonds is 3. The Kier molecular flexibility index (Phi) is 4.56. The molecule has 128 valence electrons. The van der Waals surface area contributed by atoms with E-state index >= 15 is 0 Å². The summed E-state index contributed by atoms with van der Waals surface area (Å²) in [6, 6.07) is 6.21. The van der Waals surface area contributed by atoms with Crippen molar-refractivity contribution in [2.45, 2.75) is 37.1 Å². The number of aromatic nitrogens is 1. The van der Waals surface area contributed by atoms with Gasteiger partial charge in [-0.3, -0.25) is 9.78 Å². The van der Waals surface area contributed by atoms with E-state index in [1.807, 2.05) is 19.1 Å². The molecule has 0 spiro atoms. The lowest BCUT2D eigenvalue weighted by molar-refractivity contribution is -0.146. The van der Waals surface area contributed by atoms with Crippen molar-refractivity contribution in [3.63, 3.8) is 0 Å². The van der Waals surface area contributed by atoms with E-state index in [1.165, 1.54) is 11.4 Å². The summed E-state index contributed by atoms with van der Waals surface area (Å²) in [4.78, 5) is 16.5. The van der Waals surface area contributed by atoms with Crippen LogP contribution in [0.3, 0.4) is 0 Å². The van der Waals surface area contributed by atoms with Gasteiger partial charge in [-0.05, 0) is 43.9 Å². The van der Waals surface area contributed by atoms with E-state index in [0.717, 1.165) is 23.8 Å². The number of ether oxygens (including phenoxy) is 1. The summed E-state index contributed by atoms with van der Waals surface area (Å²) in [5.74, 6) is -0.512. The number of pyridine rings is 1. The molecule has 7 heteroatoms. The summed E-state index contributed by atoms with van der Waals surface area (Å²) in [5, 5.41) is 0.766. The number of methoxy groups -OCH3 is 1. The molecule has 0 aliphatic carbocycles. The minimum atomic E-state index is -3.84. The first-order valence-corrected chi connectivity index (χ1v) is 9.34. The molecule has 0 bridgehead atoms. The van der Waals surface area contributed by atoms with Gasteiger partial charge < -0.3 is 4.74 Å². The van der Waals surface area contributed by atoms with Crippen LogP contribution in [-0.4, -0.2) is 43.4 Å². The largest absolute Gasteiger partial charge is 0.468 e. The van der Waals surface area contributed by atoms with Crippen LogP contribution in [0.4, 0.5) is 0 Å². The molecule has 1 aliphatic rings. The van der Waals surface area contributed by atoms with Gasteiger partial charge in [-0.25, -0.2) is 8.42 Å². The Morgan fingerprint density at radius 2 is 2.12 bits per heavy atom. The maximum Gasteiger partial charge on any atom is 0.324 e. The SMILES string of the molecule is COC(=O)C1CCCCN1S(=O)(=O)c1cccc2cc(C)cnc12. The monoisotopic (exact) mass is 348 g/mol. The quantitative estimate of drug-likeness (QED) is 0.795. The Bertz CT molecular complexity index is 879. The van der Waals surface area contributed by atoms with E-state index in [0.29, 0.717) is 18.5 Å². The average molecular weight is 348 g/mol. The Balaban J connectivity index is 2.11. The second-order valence-electron chi connectivity index (χ2n) is 5.99. The molecule has 3 rings (SSSR count). The van der Waals surface area contributed by atoms with Crippen molar-refractivity contribution in [3.8, 4) is 0 Å². The summed E-state index contributed by atoms with van der Waals surface area (Å²) < 4.78 is 32.4. The van der Waals surface area contributed by atoms with E-state index in [4.69, 9.17) is 4.74 Å². The molecule has 6 nitrogen and oxygen atoms in total. The minimum Gasteiger partial charge on any atom is -0.468 e. The van der Waals surface area contributed by atoms with Gasteiger partial charge in [0.15, 0.2) is 0 Å². The second kappa shape index (κ2) is 6.49. The fraction of sp³-hybridized carbons (Fsp3) is 0.412. The normalized spacial score (nSPS) is 19.3. The summed E-state index contributed by atoms with van der Waals surface area (Å²) in [7, 11) is -2.55. The number of esters is 1. The van der Waals surface area contributed by atoms with Gasteiger partial charge in [-0.15, -0.1) is 0 Å². The Labute approximate surface area is 141 Å². The fourth-order valence-corrected chi connectivity index (χ4v) is 4.96. The van der Waals surface area contributed by atoms with Crippen LogP contribution in [0.25, 0.3) is 10.9 Å². The number of aryl methyl sites for hydroxylation is 1. The zero-order chi connectivity index (χ0) is 17.3. The van der Waals surface area contributed by atoms with Crippen molar-refractivity contribution in [2.24, 2.45) is 0 Å². The Hall–Kier alpha value is -1.99. The van der Waals surface area contributed by atoms with Crippen molar-refractivity contribution in [1.82, 2.24) is 9.29 Å². The number of para-hydroxylation sites is 1. The number of hydrogen-bond donors (Lipinski definition) is 0. The number of hydrogen-bond acceptors (Lipinski definition) is 5. The molecule has 1 saturated heterocycles. The Morgan fingerprint density at radius 1 is 1.33 bits per heavy atom. The van der Waals surface area contributed by atoms with Gasteiger partial charge in [0, 0.05) is 18.1 Å². The zero-order valence-electron chi connectivity index (χ0n) is 13.7. The van der Waals surface area contributed by atoms with E-state index in [-0.39, 0.29) is 4.90 Å². The summed E-state index contributed by atoms with van der Waals surface area (Å²) >= 11 is 0. The molecule has 1 unspecified atom stereocenters. The highest BCUT2D eigenvalue weighted by Crippen LogP contribution is 2.29. The Morgan fingerprint density at radius 3 is 2.88 bits per heavy atom. The van der Waals surface area contributed by atoms with Crippen molar-refractivity contribution in [3.05, 3.63) is 36.0 Å². The van der Waals surface area contributed by atoms with Crippen LogP contribution in [0.15, 0.2) is 35.4 Å². The summed E-state index contributed by atoms with van der Waals surface area (Å²) in [6.45, 7) is 2.22. The van der Waals surface area contributed by atoms with Crippen molar-refractivity contribution >= 4 is 26.9 Å². The smallest absolute Gasteiger partial charge is 0.324 e. The molecule has 1 fully saturated rings. The van der Waals surface area contributed by atoms with Gasteiger partial charge in [0.25, 0.3) is 0 Å². The first kappa shape index (κ1) is 16.9. The molecule has 0 radical (unpaired) electrons. The van der Waals surface area contributed by atoms with Gasteiger partial charge >= 0.3 is 5.97 Å². The molecule has 0 saturated carbocycles. The maximum absolute atomic E-state index is 13.2. The summed E-state index contributed by atoms with van der Waals surface area (Å²) in [5.41, 5.74) is 1.39. The van der Waals surface area contributed by atoms with Crippen LogP contribution in [0.2, 0.25) is 0 Å². The predicted octanol–water partition coefficient (Wildman–Crippen LogP) is 2.26. The molecule has 0 amide bonds. The van der Waals surface area contributed by atoms with Crippen molar-refractivity contribution in [2.75, 3.05) is 13.7 Å². The third-order valence-electron chi connectivity index (χ3n) is 4.32. The molecule has 1 aliphatic heterocycles. The number of sulfonamides is 1. The molecule has 1 atom stereocenters. The van der Waals surface area contributed by atoms with E-state index in [2.05, 4.69) is 4.98 Å². The van der Waals surface area contributed by atoms with Crippen LogP contribution >= 0.6 is 0 Å².